The second-order valence-electron chi connectivity index (χ2n) is 18.6. The number of nitrogens with zero attached hydrogens (tertiary/aromatic N) is 4. The van der Waals surface area contributed by atoms with E-state index in [9.17, 15) is 80.2 Å². The molecular formula is C56H52N8O20P4. The lowest BCUT2D eigenvalue weighted by Gasteiger charge is -2.41. The molecular weight excluding hydrogens is 1230 g/mol. The first kappa shape index (κ1) is 63.8. The zero-order valence-electron chi connectivity index (χ0n) is 45.2. The number of carboxylic acid groups (broad SMARTS) is 4. The molecule has 0 aliphatic carbocycles. The lowest BCUT2D eigenvalue weighted by atomic mass is 10.0. The topological polar surface area (TPSA) is 409 Å². The number of anilines is 16. The van der Waals surface area contributed by atoms with Crippen LogP contribution in [0.4, 0.5) is 91.0 Å². The molecule has 2 heterocycles. The van der Waals surface area contributed by atoms with Crippen molar-refractivity contribution in [3.8, 4) is 0 Å². The first-order valence-corrected chi connectivity index (χ1v) is 31.2. The van der Waals surface area contributed by atoms with Gasteiger partial charge < -0.3 is 80.9 Å². The molecule has 2 aliphatic rings. The van der Waals surface area contributed by atoms with Crippen LogP contribution in [0.2, 0.25) is 0 Å². The number of rotatable bonds is 16. The van der Waals surface area contributed by atoms with Crippen LogP contribution in [-0.2, 0) is 18.7 Å². The van der Waals surface area contributed by atoms with Crippen molar-refractivity contribution in [3.63, 3.8) is 0 Å². The number of para-hydroxylation sites is 12. The van der Waals surface area contributed by atoms with Gasteiger partial charge in [0, 0.05) is 0 Å². The lowest BCUT2D eigenvalue weighted by molar-refractivity contribution is -0.135. The maximum Gasteiger partial charge on any atom is 0.337 e. The fourth-order valence-corrected chi connectivity index (χ4v) is 12.2. The van der Waals surface area contributed by atoms with Gasteiger partial charge in [-0.25, -0.2) is 40.2 Å². The highest BCUT2D eigenvalue weighted by atomic mass is 31.2. The first-order chi connectivity index (χ1) is 42.5. The molecule has 32 heteroatoms. The number of carbonyl (C=O) groups is 4. The Labute approximate surface area is 503 Å². The Morgan fingerprint density at radius 2 is 0.545 bits per heavy atom. The number of hydrogen-bond acceptors (Lipinski definition) is 24. The van der Waals surface area contributed by atoms with Crippen molar-refractivity contribution in [2.75, 3.05) is 66.0 Å². The van der Waals surface area contributed by atoms with Gasteiger partial charge in [0.1, 0.15) is 0 Å². The van der Waals surface area contributed by atoms with Crippen LogP contribution >= 0.6 is 33.5 Å². The van der Waals surface area contributed by atoms with E-state index in [1.165, 1.54) is 105 Å². The summed E-state index contributed by atoms with van der Waals surface area (Å²) in [4.78, 5) is 98.5. The molecule has 0 spiro atoms. The monoisotopic (exact) mass is 1280 g/mol. The van der Waals surface area contributed by atoms with Crippen LogP contribution in [0.5, 0.6) is 0 Å². The third-order valence-corrected chi connectivity index (χ3v) is 16.3. The Hall–Kier alpha value is -8.72. The fourth-order valence-electron chi connectivity index (χ4n) is 9.84. The minimum absolute atomic E-state index is 0.0106. The molecule has 28 nitrogen and oxygen atoms in total. The summed E-state index contributed by atoms with van der Waals surface area (Å²) in [6, 6.07) is 44.9. The van der Waals surface area contributed by atoms with E-state index in [1.54, 1.807) is 48.5 Å². The van der Waals surface area contributed by atoms with Crippen LogP contribution in [0.1, 0.15) is 41.4 Å². The summed E-state index contributed by atoms with van der Waals surface area (Å²) in [5.74, 6) is -5.09. The van der Waals surface area contributed by atoms with Gasteiger partial charge in [-0.2, -0.15) is 18.7 Å². The van der Waals surface area contributed by atoms with Gasteiger partial charge in [0.2, 0.25) is 33.5 Å². The molecule has 0 saturated heterocycles. The highest BCUT2D eigenvalue weighted by molar-refractivity contribution is 7.47. The van der Waals surface area contributed by atoms with E-state index in [4.69, 9.17) is 0 Å². The van der Waals surface area contributed by atoms with Crippen LogP contribution in [0.25, 0.3) is 0 Å². The number of hydrogen-bond donors (Lipinski definition) is 16. The van der Waals surface area contributed by atoms with E-state index in [1.807, 2.05) is 36.4 Å². The molecule has 0 saturated carbocycles. The summed E-state index contributed by atoms with van der Waals surface area (Å²) in [5, 5.41) is 92.3. The Bertz CT molecular complexity index is 3640. The predicted molar refractivity (Wildman–Crippen MR) is 332 cm³/mol. The average Bonchev–Trinajstić information content (AvgIpc) is 0.913. The summed E-state index contributed by atoms with van der Waals surface area (Å²) in [6.07, 6.45) is -2.37. The SMILES string of the molecule is O=C(O)c1cccc2c1N(CP(O)OO)c1ccccc1N(CP(O)OO)c1c(C(=O)O)cccc1N(CP(O)OO)c1ccccc1N2CP(O)OO.O=C(O)c1cccc2c1Nc1ccccc1Nc1c(cccc1C(=O)O)Nc1ccccc1N2. The van der Waals surface area contributed by atoms with Crippen molar-refractivity contribution >= 4 is 148 Å². The van der Waals surface area contributed by atoms with E-state index in [0.29, 0.717) is 45.5 Å². The van der Waals surface area contributed by atoms with Gasteiger partial charge in [-0.3, -0.25) is 0 Å². The van der Waals surface area contributed by atoms with E-state index < -0.39 is 82.5 Å². The maximum atomic E-state index is 13.0. The average molecular weight is 1280 g/mol. The fraction of sp³-hybridized carbons (Fsp3) is 0.0714. The second kappa shape index (κ2) is 28.9. The Morgan fingerprint density at radius 3 is 0.852 bits per heavy atom. The number of aromatic carboxylic acids is 4. The summed E-state index contributed by atoms with van der Waals surface area (Å²) in [6.45, 7) is 0. The summed E-state index contributed by atoms with van der Waals surface area (Å²) < 4.78 is 17.2. The Balaban J connectivity index is 0.000000231. The molecule has 8 aromatic carbocycles. The Kier molecular flexibility index (Phi) is 20.9. The molecule has 0 aromatic heterocycles. The predicted octanol–water partition coefficient (Wildman–Crippen LogP) is 13.3. The zero-order valence-corrected chi connectivity index (χ0v) is 48.8. The van der Waals surface area contributed by atoms with Crippen LogP contribution in [0, 0.1) is 0 Å². The minimum Gasteiger partial charge on any atom is -0.478 e. The van der Waals surface area contributed by atoms with Gasteiger partial charge in [-0.1, -0.05) is 72.8 Å². The number of nitrogens with one attached hydrogen (secondary N) is 4. The highest BCUT2D eigenvalue weighted by Crippen LogP contribution is 2.56. The molecule has 4 unspecified atom stereocenters. The van der Waals surface area contributed by atoms with Crippen molar-refractivity contribution in [1.82, 2.24) is 0 Å². The molecule has 0 radical (unpaired) electrons. The molecule has 0 bridgehead atoms. The molecule has 2 aliphatic heterocycles. The van der Waals surface area contributed by atoms with Crippen LogP contribution in [0.3, 0.4) is 0 Å². The Morgan fingerprint density at radius 1 is 0.307 bits per heavy atom. The quantitative estimate of drug-likeness (QED) is 0.0243. The first-order valence-electron chi connectivity index (χ1n) is 25.6. The van der Waals surface area contributed by atoms with Crippen LogP contribution in [0.15, 0.2) is 170 Å². The van der Waals surface area contributed by atoms with Crippen molar-refractivity contribution in [3.05, 3.63) is 192 Å². The molecule has 8 aromatic rings. The summed E-state index contributed by atoms with van der Waals surface area (Å²) >= 11 is 0. The molecule has 4 atom stereocenters. The summed E-state index contributed by atoms with van der Waals surface area (Å²) in [7, 11) is -10.9. The number of fused-ring (bicyclic) bond motifs is 8. The maximum absolute atomic E-state index is 13.0. The number of carboxylic acids is 4. The van der Waals surface area contributed by atoms with E-state index >= 15 is 0 Å². The van der Waals surface area contributed by atoms with E-state index in [2.05, 4.69) is 40.0 Å². The van der Waals surface area contributed by atoms with Gasteiger partial charge in [0.25, 0.3) is 0 Å². The van der Waals surface area contributed by atoms with Gasteiger partial charge in [0.15, 0.2) is 0 Å². The molecule has 456 valence electrons. The molecule has 88 heavy (non-hydrogen) atoms. The third kappa shape index (κ3) is 14.0. The molecule has 16 N–H and O–H groups in total. The normalized spacial score (nSPS) is 13.8. The molecule has 0 amide bonds. The van der Waals surface area contributed by atoms with Gasteiger partial charge in [-0.15, -0.1) is 0 Å². The summed E-state index contributed by atoms with van der Waals surface area (Å²) in [5.41, 5.74) is 3.81. The smallest absolute Gasteiger partial charge is 0.337 e. The zero-order chi connectivity index (χ0) is 62.8. The van der Waals surface area contributed by atoms with Gasteiger partial charge >= 0.3 is 23.9 Å². The van der Waals surface area contributed by atoms with Crippen molar-refractivity contribution in [1.29, 1.82) is 0 Å². The lowest BCUT2D eigenvalue weighted by Crippen LogP contribution is -2.31. The van der Waals surface area contributed by atoms with E-state index in [-0.39, 0.29) is 67.8 Å². The molecule has 0 fully saturated rings. The third-order valence-electron chi connectivity index (χ3n) is 13.5. The van der Waals surface area contributed by atoms with Gasteiger partial charge in [-0.05, 0) is 97.1 Å². The number of benzene rings is 8. The molecule has 10 rings (SSSR count). The minimum atomic E-state index is -2.77. The largest absolute Gasteiger partial charge is 0.478 e. The van der Waals surface area contributed by atoms with Crippen molar-refractivity contribution in [2.24, 2.45) is 0 Å². The van der Waals surface area contributed by atoms with Crippen LogP contribution < -0.4 is 40.9 Å². The van der Waals surface area contributed by atoms with Crippen LogP contribution in [-0.4, -0.2) is 110 Å². The van der Waals surface area contributed by atoms with Crippen molar-refractivity contribution < 1.29 is 98.9 Å². The van der Waals surface area contributed by atoms with Crippen molar-refractivity contribution in [2.45, 2.75) is 0 Å². The standard InChI is InChI=1S/C30H32N4O16P4.C26H20N4O4/c35-29(36)19-7-5-13-25-27(19)33(17-53(45)49-41)23-11-3-4-12-24(23)34(18-54(46)50-42)28-20(30(37)38)8-6-14-26(28)32(16-52(44)48-40)22-10-2-1-9-21(22)31(25)15-51(43)47-39;31-25(32)15-7-5-13-21-23(15)29-19-11-3-4-12-20(19)30-24-16(26(33)34)8-6-14-22(24)28-18-10-2-1-9-17(18)27-21/h1-14,39-46H,15-18H2,(H,35,36)(H,37,38);1-14,27-30H,(H,31,32)(H,33,34). The van der Waals surface area contributed by atoms with E-state index in [0.717, 1.165) is 0 Å². The van der Waals surface area contributed by atoms with Gasteiger partial charge in [0.05, 0.1) is 138 Å². The highest BCUT2D eigenvalue weighted by Gasteiger charge is 2.37. The second-order valence-corrected chi connectivity index (χ2v) is 23.2.